The maximum absolute atomic E-state index is 13.4. The van der Waals surface area contributed by atoms with Crippen LogP contribution in [0.1, 0.15) is 43.0 Å². The molecule has 0 bridgehead atoms. The molecule has 0 aliphatic carbocycles. The Hall–Kier alpha value is -2.94. The van der Waals surface area contributed by atoms with Crippen molar-refractivity contribution in [2.45, 2.75) is 38.6 Å². The number of likely N-dealkylation sites (tertiary alicyclic amines) is 1. The molecular weight excluding hydrogens is 433 g/mol. The lowest BCUT2D eigenvalue weighted by Gasteiger charge is -2.31. The van der Waals surface area contributed by atoms with Crippen LogP contribution in [0.15, 0.2) is 48.5 Å². The molecule has 1 saturated heterocycles. The van der Waals surface area contributed by atoms with Gasteiger partial charge in [-0.15, -0.1) is 0 Å². The standard InChI is InChI=1S/C23H28FN3O4S/c1-3-21(27(32(2,30)31)18-13-11-17(24)12-14-18)22(28)25-20-10-6-5-9-19(20)23(29)26-15-7-4-8-16-26/h5-6,9-14,21H,3-4,7-8,15-16H2,1-2H3,(H,25,28)/t21-/m0/s1. The normalized spacial score (nSPS) is 15.2. The molecule has 7 nitrogen and oxygen atoms in total. The first kappa shape index (κ1) is 23.7. The maximum Gasteiger partial charge on any atom is 0.255 e. The van der Waals surface area contributed by atoms with Gasteiger partial charge in [-0.25, -0.2) is 12.8 Å². The van der Waals surface area contributed by atoms with E-state index in [-0.39, 0.29) is 18.0 Å². The van der Waals surface area contributed by atoms with Gasteiger partial charge < -0.3 is 10.2 Å². The Balaban J connectivity index is 1.89. The number of amides is 2. The zero-order valence-electron chi connectivity index (χ0n) is 18.3. The monoisotopic (exact) mass is 461 g/mol. The molecule has 1 atom stereocenters. The molecule has 9 heteroatoms. The first-order valence-electron chi connectivity index (χ1n) is 10.7. The molecule has 2 aromatic rings. The van der Waals surface area contributed by atoms with E-state index in [1.54, 1.807) is 36.1 Å². The highest BCUT2D eigenvalue weighted by atomic mass is 32.2. The minimum absolute atomic E-state index is 0.160. The average Bonchev–Trinajstić information content (AvgIpc) is 2.78. The Morgan fingerprint density at radius 2 is 1.69 bits per heavy atom. The van der Waals surface area contributed by atoms with Crippen molar-refractivity contribution in [3.63, 3.8) is 0 Å². The van der Waals surface area contributed by atoms with Gasteiger partial charge in [-0.2, -0.15) is 0 Å². The average molecular weight is 462 g/mol. The summed E-state index contributed by atoms with van der Waals surface area (Å²) in [5, 5.41) is 2.75. The van der Waals surface area contributed by atoms with Gasteiger partial charge in [-0.1, -0.05) is 19.1 Å². The highest BCUT2D eigenvalue weighted by molar-refractivity contribution is 7.92. The van der Waals surface area contributed by atoms with Crippen LogP contribution < -0.4 is 9.62 Å². The number of rotatable bonds is 7. The number of nitrogens with one attached hydrogen (secondary N) is 1. The second-order valence-electron chi connectivity index (χ2n) is 7.85. The lowest BCUT2D eigenvalue weighted by Crippen LogP contribution is -2.47. The number of halogens is 1. The summed E-state index contributed by atoms with van der Waals surface area (Å²) in [4.78, 5) is 28.0. The van der Waals surface area contributed by atoms with E-state index in [0.29, 0.717) is 24.3 Å². The molecular formula is C23H28FN3O4S. The number of benzene rings is 2. The summed E-state index contributed by atoms with van der Waals surface area (Å²) in [6.45, 7) is 3.03. The van der Waals surface area contributed by atoms with Crippen molar-refractivity contribution in [1.82, 2.24) is 4.90 Å². The van der Waals surface area contributed by atoms with Gasteiger partial charge in [0, 0.05) is 13.1 Å². The summed E-state index contributed by atoms with van der Waals surface area (Å²) in [5.41, 5.74) is 0.887. The Morgan fingerprint density at radius 3 is 2.28 bits per heavy atom. The van der Waals surface area contributed by atoms with Crippen molar-refractivity contribution in [1.29, 1.82) is 0 Å². The fourth-order valence-electron chi connectivity index (χ4n) is 3.91. The number of para-hydroxylation sites is 1. The van der Waals surface area contributed by atoms with Crippen molar-refractivity contribution in [3.8, 4) is 0 Å². The topological polar surface area (TPSA) is 86.8 Å². The second kappa shape index (κ2) is 10.1. The number of hydrogen-bond donors (Lipinski definition) is 1. The van der Waals surface area contributed by atoms with E-state index in [0.717, 1.165) is 42.0 Å². The van der Waals surface area contributed by atoms with Crippen LogP contribution in [0.2, 0.25) is 0 Å². The smallest absolute Gasteiger partial charge is 0.255 e. The largest absolute Gasteiger partial charge is 0.339 e. The zero-order chi connectivity index (χ0) is 23.3. The molecule has 2 aromatic carbocycles. The number of carbonyl (C=O) groups excluding carboxylic acids is 2. The third kappa shape index (κ3) is 5.45. The van der Waals surface area contributed by atoms with Gasteiger partial charge in [-0.05, 0) is 62.1 Å². The molecule has 0 saturated carbocycles. The van der Waals surface area contributed by atoms with Crippen LogP contribution in [0.25, 0.3) is 0 Å². The molecule has 32 heavy (non-hydrogen) atoms. The van der Waals surface area contributed by atoms with Gasteiger partial charge >= 0.3 is 0 Å². The third-order valence-electron chi connectivity index (χ3n) is 5.47. The van der Waals surface area contributed by atoms with Gasteiger partial charge in [0.05, 0.1) is 23.2 Å². The molecule has 1 heterocycles. The van der Waals surface area contributed by atoms with Gasteiger partial charge in [0.2, 0.25) is 15.9 Å². The predicted octanol–water partition coefficient (Wildman–Crippen LogP) is 3.64. The number of hydrogen-bond acceptors (Lipinski definition) is 4. The van der Waals surface area contributed by atoms with E-state index in [4.69, 9.17) is 0 Å². The van der Waals surface area contributed by atoms with Gasteiger partial charge in [0.25, 0.3) is 5.91 Å². The van der Waals surface area contributed by atoms with E-state index in [2.05, 4.69) is 5.32 Å². The zero-order valence-corrected chi connectivity index (χ0v) is 19.1. The van der Waals surface area contributed by atoms with Crippen molar-refractivity contribution < 1.29 is 22.4 Å². The van der Waals surface area contributed by atoms with Gasteiger partial charge in [0.1, 0.15) is 11.9 Å². The number of nitrogens with zero attached hydrogens (tertiary/aromatic N) is 2. The molecule has 0 radical (unpaired) electrons. The van der Waals surface area contributed by atoms with Crippen molar-refractivity contribution in [3.05, 3.63) is 59.9 Å². The fourth-order valence-corrected chi connectivity index (χ4v) is 5.12. The molecule has 2 amide bonds. The lowest BCUT2D eigenvalue weighted by molar-refractivity contribution is -0.117. The SMILES string of the molecule is CC[C@@H](C(=O)Nc1ccccc1C(=O)N1CCCCC1)N(c1ccc(F)cc1)S(C)(=O)=O. The third-order valence-corrected chi connectivity index (χ3v) is 6.65. The van der Waals surface area contributed by atoms with Gasteiger partial charge in [-0.3, -0.25) is 13.9 Å². The van der Waals surface area contributed by atoms with Crippen molar-refractivity contribution in [2.24, 2.45) is 0 Å². The quantitative estimate of drug-likeness (QED) is 0.682. The number of sulfonamides is 1. The molecule has 3 rings (SSSR count). The van der Waals surface area contributed by atoms with Crippen LogP contribution in [-0.4, -0.2) is 50.5 Å². The van der Waals surface area contributed by atoms with Crippen LogP contribution in [-0.2, 0) is 14.8 Å². The molecule has 1 aliphatic heterocycles. The molecule has 0 aromatic heterocycles. The molecule has 0 spiro atoms. The lowest BCUT2D eigenvalue weighted by atomic mass is 10.1. The molecule has 172 valence electrons. The first-order valence-corrected chi connectivity index (χ1v) is 12.5. The van der Waals surface area contributed by atoms with E-state index in [1.165, 1.54) is 12.1 Å². The minimum Gasteiger partial charge on any atom is -0.339 e. The summed E-state index contributed by atoms with van der Waals surface area (Å²) in [7, 11) is -3.85. The Bertz CT molecular complexity index is 1070. The van der Waals surface area contributed by atoms with Crippen molar-refractivity contribution >= 4 is 33.2 Å². The van der Waals surface area contributed by atoms with Crippen LogP contribution in [0, 0.1) is 5.82 Å². The predicted molar refractivity (Wildman–Crippen MR) is 123 cm³/mol. The van der Waals surface area contributed by atoms with Crippen LogP contribution >= 0.6 is 0 Å². The van der Waals surface area contributed by atoms with E-state index < -0.39 is 27.8 Å². The molecule has 1 fully saturated rings. The Morgan fingerprint density at radius 1 is 1.06 bits per heavy atom. The van der Waals surface area contributed by atoms with Crippen LogP contribution in [0.4, 0.5) is 15.8 Å². The second-order valence-corrected chi connectivity index (χ2v) is 9.71. The molecule has 1 N–H and O–H groups in total. The fraction of sp³-hybridized carbons (Fsp3) is 0.391. The first-order chi connectivity index (χ1) is 15.2. The Labute approximate surface area is 188 Å². The van der Waals surface area contributed by atoms with E-state index in [1.807, 2.05) is 0 Å². The van der Waals surface area contributed by atoms with Crippen molar-refractivity contribution in [2.75, 3.05) is 29.0 Å². The molecule has 0 unspecified atom stereocenters. The summed E-state index contributed by atoms with van der Waals surface area (Å²) >= 11 is 0. The summed E-state index contributed by atoms with van der Waals surface area (Å²) < 4.78 is 39.4. The maximum atomic E-state index is 13.4. The van der Waals surface area contributed by atoms with Crippen LogP contribution in [0.5, 0.6) is 0 Å². The molecule has 1 aliphatic rings. The number of anilines is 2. The van der Waals surface area contributed by atoms with E-state index >= 15 is 0 Å². The van der Waals surface area contributed by atoms with Crippen LogP contribution in [0.3, 0.4) is 0 Å². The summed E-state index contributed by atoms with van der Waals surface area (Å²) in [6, 6.07) is 10.6. The van der Waals surface area contributed by atoms with Gasteiger partial charge in [0.15, 0.2) is 0 Å². The highest BCUT2D eigenvalue weighted by Gasteiger charge is 2.32. The Kier molecular flexibility index (Phi) is 7.50. The number of carbonyl (C=O) groups is 2. The summed E-state index contributed by atoms with van der Waals surface area (Å²) in [5.74, 6) is -1.24. The van der Waals surface area contributed by atoms with E-state index in [9.17, 15) is 22.4 Å². The minimum atomic E-state index is -3.85. The highest BCUT2D eigenvalue weighted by Crippen LogP contribution is 2.25. The number of piperidine rings is 1. The summed E-state index contributed by atoms with van der Waals surface area (Å²) in [6.07, 6.45) is 4.15.